The third-order valence-corrected chi connectivity index (χ3v) is 6.04. The van der Waals surface area contributed by atoms with Crippen molar-refractivity contribution in [2.45, 2.75) is 37.8 Å². The highest BCUT2D eigenvalue weighted by Crippen LogP contribution is 2.51. The molecule has 0 aliphatic heterocycles. The van der Waals surface area contributed by atoms with Crippen LogP contribution in [0.1, 0.15) is 42.1 Å². The van der Waals surface area contributed by atoms with Crippen LogP contribution >= 0.6 is 0 Å². The normalized spacial score (nSPS) is 20.8. The van der Waals surface area contributed by atoms with Gasteiger partial charge in [-0.2, -0.15) is 13.2 Å². The van der Waals surface area contributed by atoms with Gasteiger partial charge in [0.2, 0.25) is 0 Å². The fourth-order valence-corrected chi connectivity index (χ4v) is 4.13. The molecular weight excluding hydrogens is 414 g/mol. The Balaban J connectivity index is 1.38. The fourth-order valence-electron chi connectivity index (χ4n) is 4.13. The first-order valence-electron chi connectivity index (χ1n) is 10.3. The first-order valence-corrected chi connectivity index (χ1v) is 10.3. The van der Waals surface area contributed by atoms with Crippen LogP contribution in [0.3, 0.4) is 0 Å². The highest BCUT2D eigenvalue weighted by atomic mass is 19.4. The van der Waals surface area contributed by atoms with Gasteiger partial charge >= 0.3 is 6.18 Å². The molecule has 0 saturated heterocycles. The van der Waals surface area contributed by atoms with Crippen molar-refractivity contribution in [3.05, 3.63) is 53.2 Å². The van der Waals surface area contributed by atoms with Crippen molar-refractivity contribution < 1.29 is 27.0 Å². The smallest absolute Gasteiger partial charge is 0.423 e. The molecule has 0 bridgehead atoms. The van der Waals surface area contributed by atoms with Gasteiger partial charge in [0, 0.05) is 24.1 Å². The number of halogens is 4. The van der Waals surface area contributed by atoms with Crippen molar-refractivity contribution in [3.8, 4) is 11.5 Å². The summed E-state index contributed by atoms with van der Waals surface area (Å²) in [6, 6.07) is 5.91. The van der Waals surface area contributed by atoms with Gasteiger partial charge < -0.3 is 9.47 Å². The Morgan fingerprint density at radius 3 is 2.65 bits per heavy atom. The maximum absolute atomic E-state index is 14.3. The van der Waals surface area contributed by atoms with Crippen LogP contribution in [-0.4, -0.2) is 28.3 Å². The van der Waals surface area contributed by atoms with Crippen LogP contribution in [0.5, 0.6) is 11.5 Å². The first kappa shape index (κ1) is 20.1. The van der Waals surface area contributed by atoms with Crippen molar-refractivity contribution >= 4 is 5.65 Å². The molecule has 2 heterocycles. The summed E-state index contributed by atoms with van der Waals surface area (Å²) in [7, 11) is 1.47. The Labute approximate surface area is 176 Å². The van der Waals surface area contributed by atoms with Crippen molar-refractivity contribution in [2.24, 2.45) is 11.8 Å². The number of alkyl halides is 3. The van der Waals surface area contributed by atoms with Crippen LogP contribution < -0.4 is 9.47 Å². The number of fused-ring (bicyclic) bond motifs is 1. The maximum Gasteiger partial charge on any atom is 0.423 e. The zero-order chi connectivity index (χ0) is 21.8. The summed E-state index contributed by atoms with van der Waals surface area (Å²) in [6.45, 7) is 0.0461. The molecular formula is C22H21F4N3O2. The number of aromatic nitrogens is 3. The number of pyridine rings is 1. The third-order valence-electron chi connectivity index (χ3n) is 6.04. The molecule has 5 rings (SSSR count). The third kappa shape index (κ3) is 3.81. The molecule has 2 aliphatic rings. The van der Waals surface area contributed by atoms with E-state index in [1.165, 1.54) is 29.8 Å². The maximum atomic E-state index is 14.3. The minimum absolute atomic E-state index is 0.0461. The molecule has 0 unspecified atom stereocenters. The van der Waals surface area contributed by atoms with Crippen LogP contribution in [0.25, 0.3) is 5.65 Å². The Hall–Kier alpha value is -2.84. The minimum Gasteiger partial charge on any atom is -0.496 e. The monoisotopic (exact) mass is 435 g/mol. The van der Waals surface area contributed by atoms with Crippen molar-refractivity contribution in [3.63, 3.8) is 0 Å². The summed E-state index contributed by atoms with van der Waals surface area (Å²) in [5.74, 6) is 0.547. The number of benzene rings is 1. The molecule has 2 aliphatic carbocycles. The van der Waals surface area contributed by atoms with Crippen LogP contribution in [-0.2, 0) is 12.6 Å². The zero-order valence-corrected chi connectivity index (χ0v) is 16.8. The van der Waals surface area contributed by atoms with E-state index < -0.39 is 11.7 Å². The van der Waals surface area contributed by atoms with Gasteiger partial charge in [0.1, 0.15) is 28.7 Å². The van der Waals surface area contributed by atoms with Gasteiger partial charge in [-0.3, -0.25) is 4.40 Å². The lowest BCUT2D eigenvalue weighted by atomic mass is 10.1. The van der Waals surface area contributed by atoms with E-state index in [1.54, 1.807) is 12.1 Å². The SMILES string of the molecule is COc1cccc(F)c1[C@H]1C[C@@H]1COc1ccn2c(CC3CC3)nnc2c1C(F)(F)F. The minimum atomic E-state index is -4.64. The predicted molar refractivity (Wildman–Crippen MR) is 104 cm³/mol. The molecule has 2 atom stereocenters. The molecule has 5 nitrogen and oxygen atoms in total. The number of hydrogen-bond acceptors (Lipinski definition) is 4. The second-order valence-electron chi connectivity index (χ2n) is 8.28. The van der Waals surface area contributed by atoms with Crippen LogP contribution in [0.2, 0.25) is 0 Å². The molecule has 0 N–H and O–H groups in total. The molecule has 164 valence electrons. The fraction of sp³-hybridized carbons (Fsp3) is 0.455. The van der Waals surface area contributed by atoms with E-state index in [0.717, 1.165) is 12.8 Å². The Kier molecular flexibility index (Phi) is 4.79. The average Bonchev–Trinajstić information content (AvgIpc) is 3.64. The van der Waals surface area contributed by atoms with Gasteiger partial charge in [0.25, 0.3) is 0 Å². The number of hydrogen-bond donors (Lipinski definition) is 0. The van der Waals surface area contributed by atoms with Crippen LogP contribution in [0.15, 0.2) is 30.5 Å². The number of methoxy groups -OCH3 is 1. The van der Waals surface area contributed by atoms with E-state index in [0.29, 0.717) is 35.9 Å². The standard InChI is InChI=1S/C22H21F4N3O2/c1-30-16-4-2-3-15(23)19(16)14-10-13(14)11-31-17-7-8-29-18(9-12-5-6-12)27-28-21(29)20(17)22(24,25)26/h2-4,7-8,12-14H,5-6,9-11H2,1H3/t13-,14+/m1/s1. The highest BCUT2D eigenvalue weighted by Gasteiger charge is 2.44. The Morgan fingerprint density at radius 1 is 1.13 bits per heavy atom. The second-order valence-corrected chi connectivity index (χ2v) is 8.28. The largest absolute Gasteiger partial charge is 0.496 e. The van der Waals surface area contributed by atoms with Gasteiger partial charge in [-0.1, -0.05) is 6.07 Å². The molecule has 31 heavy (non-hydrogen) atoms. The van der Waals surface area contributed by atoms with E-state index in [4.69, 9.17) is 9.47 Å². The predicted octanol–water partition coefficient (Wildman–Crippen LogP) is 5.03. The lowest BCUT2D eigenvalue weighted by molar-refractivity contribution is -0.138. The van der Waals surface area contributed by atoms with E-state index in [1.807, 2.05) is 0 Å². The van der Waals surface area contributed by atoms with Crippen molar-refractivity contribution in [1.82, 2.24) is 14.6 Å². The summed E-state index contributed by atoms with van der Waals surface area (Å²) in [5.41, 5.74) is -0.721. The number of rotatable bonds is 7. The first-order chi connectivity index (χ1) is 14.9. The van der Waals surface area contributed by atoms with Crippen LogP contribution in [0, 0.1) is 17.7 Å². The van der Waals surface area contributed by atoms with Gasteiger partial charge in [-0.25, -0.2) is 4.39 Å². The van der Waals surface area contributed by atoms with Crippen LogP contribution in [0.4, 0.5) is 17.6 Å². The van der Waals surface area contributed by atoms with E-state index in [-0.39, 0.29) is 35.7 Å². The topological polar surface area (TPSA) is 48.7 Å². The van der Waals surface area contributed by atoms with Crippen molar-refractivity contribution in [2.75, 3.05) is 13.7 Å². The second kappa shape index (κ2) is 7.39. The molecule has 3 aromatic rings. The van der Waals surface area contributed by atoms with Gasteiger partial charge in [-0.05, 0) is 49.3 Å². The molecule has 9 heteroatoms. The summed E-state index contributed by atoms with van der Waals surface area (Å²) in [6.07, 6.45) is 0.265. The molecule has 0 radical (unpaired) electrons. The van der Waals surface area contributed by atoms with Gasteiger partial charge in [-0.15, -0.1) is 10.2 Å². The highest BCUT2D eigenvalue weighted by molar-refractivity contribution is 5.57. The molecule has 1 aromatic carbocycles. The lowest BCUT2D eigenvalue weighted by Crippen LogP contribution is -2.13. The number of nitrogens with zero attached hydrogens (tertiary/aromatic N) is 3. The molecule has 0 spiro atoms. The summed E-state index contributed by atoms with van der Waals surface area (Å²) < 4.78 is 68.1. The molecule has 2 fully saturated rings. The summed E-state index contributed by atoms with van der Waals surface area (Å²) >= 11 is 0. The van der Waals surface area contributed by atoms with E-state index in [2.05, 4.69) is 10.2 Å². The molecule has 2 aromatic heterocycles. The summed E-state index contributed by atoms with van der Waals surface area (Å²) in [4.78, 5) is 0. The molecule has 0 amide bonds. The zero-order valence-electron chi connectivity index (χ0n) is 16.8. The van der Waals surface area contributed by atoms with E-state index in [9.17, 15) is 17.6 Å². The lowest BCUT2D eigenvalue weighted by Gasteiger charge is -2.15. The Morgan fingerprint density at radius 2 is 1.94 bits per heavy atom. The Bertz CT molecular complexity index is 1120. The average molecular weight is 435 g/mol. The molecule has 2 saturated carbocycles. The quantitative estimate of drug-likeness (QED) is 0.489. The number of ether oxygens (including phenoxy) is 2. The van der Waals surface area contributed by atoms with Gasteiger partial charge in [0.15, 0.2) is 5.65 Å². The summed E-state index contributed by atoms with van der Waals surface area (Å²) in [5, 5.41) is 7.79. The van der Waals surface area contributed by atoms with Gasteiger partial charge in [0.05, 0.1) is 13.7 Å². The van der Waals surface area contributed by atoms with Crippen molar-refractivity contribution in [1.29, 1.82) is 0 Å². The van der Waals surface area contributed by atoms with E-state index >= 15 is 0 Å².